The molecule has 2 fully saturated rings. The molecule has 0 aromatic carbocycles. The van der Waals surface area contributed by atoms with Gasteiger partial charge in [-0.05, 0) is 37.5 Å². The minimum absolute atomic E-state index is 0.110. The summed E-state index contributed by atoms with van der Waals surface area (Å²) in [4.78, 5) is 11.2. The van der Waals surface area contributed by atoms with Gasteiger partial charge in [-0.1, -0.05) is 0 Å². The maximum absolute atomic E-state index is 12.9. The number of methoxy groups -OCH3 is 1. The molecular weight excluding hydrogens is 221 g/mol. The highest BCUT2D eigenvalue weighted by molar-refractivity contribution is 5.70. The van der Waals surface area contributed by atoms with Gasteiger partial charge in [-0.25, -0.2) is 0 Å². The predicted octanol–water partition coefficient (Wildman–Crippen LogP) is 3.06. The SMILES string of the molecule is COC(=O)CC12CCC(C(F)(F)F)(CC1)C2. The molecule has 2 nitrogen and oxygen atoms in total. The fraction of sp³-hybridized carbons (Fsp3) is 0.909. The van der Waals surface area contributed by atoms with Crippen LogP contribution in [0.4, 0.5) is 13.2 Å². The smallest absolute Gasteiger partial charge is 0.394 e. The summed E-state index contributed by atoms with van der Waals surface area (Å²) in [5, 5.41) is 0. The Morgan fingerprint density at radius 3 is 2.19 bits per heavy atom. The van der Waals surface area contributed by atoms with E-state index in [2.05, 4.69) is 4.74 Å². The Morgan fingerprint density at radius 1 is 1.25 bits per heavy atom. The summed E-state index contributed by atoms with van der Waals surface area (Å²) < 4.78 is 43.3. The standard InChI is InChI=1S/C11H15F3O2/c1-16-8(15)6-9-2-4-10(7-9,5-3-9)11(12,13)14/h2-7H2,1H3. The Labute approximate surface area is 92.1 Å². The van der Waals surface area contributed by atoms with Gasteiger partial charge in [0.15, 0.2) is 0 Å². The first-order valence-corrected chi connectivity index (χ1v) is 5.46. The lowest BCUT2D eigenvalue weighted by molar-refractivity contribution is -0.220. The minimum Gasteiger partial charge on any atom is -0.469 e. The molecule has 0 N–H and O–H groups in total. The number of hydrogen-bond acceptors (Lipinski definition) is 2. The molecule has 0 aromatic heterocycles. The number of ether oxygens (including phenoxy) is 1. The first-order chi connectivity index (χ1) is 7.33. The van der Waals surface area contributed by atoms with Gasteiger partial charge in [-0.2, -0.15) is 13.2 Å². The van der Waals surface area contributed by atoms with Crippen molar-refractivity contribution in [2.45, 2.75) is 44.7 Å². The molecule has 0 unspecified atom stereocenters. The fourth-order valence-corrected chi connectivity index (χ4v) is 3.33. The third-order valence-electron chi connectivity index (χ3n) is 4.33. The third kappa shape index (κ3) is 1.60. The van der Waals surface area contributed by atoms with Crippen LogP contribution < -0.4 is 0 Å². The van der Waals surface area contributed by atoms with Crippen LogP contribution in [0.15, 0.2) is 0 Å². The van der Waals surface area contributed by atoms with E-state index < -0.39 is 17.0 Å². The molecule has 92 valence electrons. The largest absolute Gasteiger partial charge is 0.469 e. The molecular formula is C11H15F3O2. The monoisotopic (exact) mass is 236 g/mol. The lowest BCUT2D eigenvalue weighted by Crippen LogP contribution is -2.33. The van der Waals surface area contributed by atoms with Crippen molar-refractivity contribution in [3.05, 3.63) is 0 Å². The van der Waals surface area contributed by atoms with Crippen LogP contribution in [0.3, 0.4) is 0 Å². The molecule has 0 aromatic rings. The number of esters is 1. The Balaban J connectivity index is 2.12. The highest BCUT2D eigenvalue weighted by Crippen LogP contribution is 2.68. The van der Waals surface area contributed by atoms with E-state index >= 15 is 0 Å². The van der Waals surface area contributed by atoms with Crippen molar-refractivity contribution in [2.24, 2.45) is 10.8 Å². The summed E-state index contributed by atoms with van der Waals surface area (Å²) in [5.41, 5.74) is -1.95. The number of rotatable bonds is 2. The Bertz CT molecular complexity index is 301. The summed E-state index contributed by atoms with van der Waals surface area (Å²) >= 11 is 0. The Hall–Kier alpha value is -0.740. The number of fused-ring (bicyclic) bond motifs is 2. The summed E-state index contributed by atoms with van der Waals surface area (Å²) in [5.74, 6) is -0.389. The van der Waals surface area contributed by atoms with E-state index in [1.807, 2.05) is 0 Å². The van der Waals surface area contributed by atoms with Gasteiger partial charge in [0.1, 0.15) is 0 Å². The lowest BCUT2D eigenvalue weighted by atomic mass is 9.80. The second-order valence-electron chi connectivity index (χ2n) is 5.21. The molecule has 2 saturated carbocycles. The zero-order valence-electron chi connectivity index (χ0n) is 9.19. The van der Waals surface area contributed by atoms with E-state index in [4.69, 9.17) is 0 Å². The quantitative estimate of drug-likeness (QED) is 0.689. The second-order valence-corrected chi connectivity index (χ2v) is 5.21. The predicted molar refractivity (Wildman–Crippen MR) is 50.6 cm³/mol. The maximum Gasteiger partial charge on any atom is 0.394 e. The summed E-state index contributed by atoms with van der Waals surface area (Å²) in [6.45, 7) is 0. The van der Waals surface area contributed by atoms with Crippen LogP contribution in [-0.4, -0.2) is 19.3 Å². The van der Waals surface area contributed by atoms with E-state index in [-0.39, 0.29) is 31.7 Å². The van der Waals surface area contributed by atoms with Gasteiger partial charge < -0.3 is 4.74 Å². The number of hydrogen-bond donors (Lipinski definition) is 0. The van der Waals surface area contributed by atoms with Crippen molar-refractivity contribution in [3.63, 3.8) is 0 Å². The fourth-order valence-electron chi connectivity index (χ4n) is 3.33. The van der Waals surface area contributed by atoms with Gasteiger partial charge in [0.25, 0.3) is 0 Å². The molecule has 16 heavy (non-hydrogen) atoms. The van der Waals surface area contributed by atoms with Crippen molar-refractivity contribution < 1.29 is 22.7 Å². The number of carbonyl (C=O) groups excluding carboxylic acids is 1. The second kappa shape index (κ2) is 3.37. The van der Waals surface area contributed by atoms with Gasteiger partial charge in [0, 0.05) is 0 Å². The molecule has 2 aliphatic carbocycles. The third-order valence-corrected chi connectivity index (χ3v) is 4.33. The molecule has 2 aliphatic rings. The zero-order valence-corrected chi connectivity index (χ0v) is 9.19. The molecule has 0 aliphatic heterocycles. The molecule has 0 saturated heterocycles. The van der Waals surface area contributed by atoms with Crippen molar-refractivity contribution >= 4 is 5.97 Å². The minimum atomic E-state index is -4.12. The van der Waals surface area contributed by atoms with Crippen molar-refractivity contribution in [1.82, 2.24) is 0 Å². The van der Waals surface area contributed by atoms with Crippen LogP contribution in [0.25, 0.3) is 0 Å². The van der Waals surface area contributed by atoms with Crippen LogP contribution in [0.1, 0.15) is 38.5 Å². The molecule has 0 amide bonds. The zero-order chi connectivity index (χ0) is 12.0. The van der Waals surface area contributed by atoms with Gasteiger partial charge in [-0.3, -0.25) is 4.79 Å². The molecule has 0 heterocycles. The Kier molecular flexibility index (Phi) is 2.48. The molecule has 0 radical (unpaired) electrons. The first kappa shape index (κ1) is 11.7. The van der Waals surface area contributed by atoms with Crippen LogP contribution >= 0.6 is 0 Å². The van der Waals surface area contributed by atoms with E-state index in [1.54, 1.807) is 0 Å². The van der Waals surface area contributed by atoms with E-state index in [1.165, 1.54) is 7.11 Å². The number of carbonyl (C=O) groups is 1. The summed E-state index contributed by atoms with van der Waals surface area (Å²) in [6.07, 6.45) is -2.52. The molecule has 2 bridgehead atoms. The molecule has 0 atom stereocenters. The average molecular weight is 236 g/mol. The average Bonchev–Trinajstić information content (AvgIpc) is 2.73. The Morgan fingerprint density at radius 2 is 1.81 bits per heavy atom. The van der Waals surface area contributed by atoms with E-state index in [9.17, 15) is 18.0 Å². The first-order valence-electron chi connectivity index (χ1n) is 5.46. The highest BCUT2D eigenvalue weighted by Gasteiger charge is 2.66. The van der Waals surface area contributed by atoms with Crippen LogP contribution in [0.2, 0.25) is 0 Å². The normalized spacial score (nSPS) is 37.8. The highest BCUT2D eigenvalue weighted by atomic mass is 19.4. The topological polar surface area (TPSA) is 26.3 Å². The van der Waals surface area contributed by atoms with Crippen molar-refractivity contribution in [2.75, 3.05) is 7.11 Å². The van der Waals surface area contributed by atoms with Gasteiger partial charge in [-0.15, -0.1) is 0 Å². The summed E-state index contributed by atoms with van der Waals surface area (Å²) in [6, 6.07) is 0. The number of halogens is 3. The summed E-state index contributed by atoms with van der Waals surface area (Å²) in [7, 11) is 1.28. The molecule has 5 heteroatoms. The van der Waals surface area contributed by atoms with Crippen LogP contribution in [0, 0.1) is 10.8 Å². The number of alkyl halides is 3. The van der Waals surface area contributed by atoms with Crippen molar-refractivity contribution in [1.29, 1.82) is 0 Å². The van der Waals surface area contributed by atoms with E-state index in [0.29, 0.717) is 12.8 Å². The lowest BCUT2D eigenvalue weighted by Gasteiger charge is -2.29. The maximum atomic E-state index is 12.9. The van der Waals surface area contributed by atoms with Gasteiger partial charge >= 0.3 is 12.1 Å². The van der Waals surface area contributed by atoms with Crippen LogP contribution in [0.5, 0.6) is 0 Å². The van der Waals surface area contributed by atoms with E-state index in [0.717, 1.165) is 0 Å². The van der Waals surface area contributed by atoms with Crippen molar-refractivity contribution in [3.8, 4) is 0 Å². The molecule has 2 rings (SSSR count). The molecule has 0 spiro atoms. The van der Waals surface area contributed by atoms with Gasteiger partial charge in [0.05, 0.1) is 18.9 Å². The van der Waals surface area contributed by atoms with Gasteiger partial charge in [0.2, 0.25) is 0 Å². The van der Waals surface area contributed by atoms with Crippen LogP contribution in [-0.2, 0) is 9.53 Å².